The van der Waals surface area contributed by atoms with E-state index in [1.54, 1.807) is 12.3 Å². The largest absolute Gasteiger partial charge is 0.466 e. The molecule has 0 aliphatic heterocycles. The Balaban J connectivity index is 1.77. The van der Waals surface area contributed by atoms with Gasteiger partial charge in [0.2, 0.25) is 0 Å². The lowest BCUT2D eigenvalue weighted by molar-refractivity contribution is -0.142. The minimum Gasteiger partial charge on any atom is -0.466 e. The molecule has 0 aliphatic rings. The van der Waals surface area contributed by atoms with Crippen molar-refractivity contribution in [2.24, 2.45) is 0 Å². The Morgan fingerprint density at radius 2 is 1.96 bits per heavy atom. The summed E-state index contributed by atoms with van der Waals surface area (Å²) >= 11 is 7.24. The lowest BCUT2D eigenvalue weighted by Gasteiger charge is -2.10. The van der Waals surface area contributed by atoms with E-state index in [9.17, 15) is 9.59 Å². The van der Waals surface area contributed by atoms with Crippen LogP contribution in [0.1, 0.15) is 34.4 Å². The van der Waals surface area contributed by atoms with Crippen LogP contribution in [-0.2, 0) is 16.0 Å². The minimum atomic E-state index is -0.336. The number of ether oxygens (including phenoxy) is 1. The van der Waals surface area contributed by atoms with Gasteiger partial charge in [-0.3, -0.25) is 14.9 Å². The van der Waals surface area contributed by atoms with Gasteiger partial charge in [-0.1, -0.05) is 11.6 Å². The van der Waals surface area contributed by atoms with Gasteiger partial charge in [-0.25, -0.2) is 4.98 Å². The third-order valence-electron chi connectivity index (χ3n) is 4.16. The van der Waals surface area contributed by atoms with Crippen LogP contribution < -0.4 is 5.32 Å². The number of rotatable bonds is 6. The highest BCUT2D eigenvalue weighted by atomic mass is 35.5. The van der Waals surface area contributed by atoms with E-state index in [1.165, 1.54) is 11.3 Å². The lowest BCUT2D eigenvalue weighted by atomic mass is 10.2. The number of amides is 1. The highest BCUT2D eigenvalue weighted by Crippen LogP contribution is 2.24. The van der Waals surface area contributed by atoms with Gasteiger partial charge in [0.1, 0.15) is 0 Å². The fourth-order valence-corrected chi connectivity index (χ4v) is 3.78. The first kappa shape index (κ1) is 20.1. The predicted molar refractivity (Wildman–Crippen MR) is 111 cm³/mol. The summed E-state index contributed by atoms with van der Waals surface area (Å²) in [5, 5.41) is 5.65. The van der Waals surface area contributed by atoms with Crippen LogP contribution in [0, 0.1) is 13.8 Å². The van der Waals surface area contributed by atoms with Gasteiger partial charge in [0.15, 0.2) is 5.13 Å². The number of halogens is 1. The van der Waals surface area contributed by atoms with E-state index < -0.39 is 0 Å². The molecule has 0 saturated heterocycles. The number of carbonyl (C=O) groups excluding carboxylic acids is 2. The van der Waals surface area contributed by atoms with Gasteiger partial charge < -0.3 is 9.30 Å². The van der Waals surface area contributed by atoms with Crippen LogP contribution in [0.15, 0.2) is 35.7 Å². The van der Waals surface area contributed by atoms with Crippen molar-refractivity contribution in [3.63, 3.8) is 0 Å². The van der Waals surface area contributed by atoms with E-state index in [1.807, 2.05) is 48.7 Å². The molecule has 2 heterocycles. The summed E-state index contributed by atoms with van der Waals surface area (Å²) in [6, 6.07) is 9.29. The Hall–Kier alpha value is -2.64. The van der Waals surface area contributed by atoms with Crippen LogP contribution in [0.5, 0.6) is 0 Å². The second-order valence-electron chi connectivity index (χ2n) is 6.18. The normalized spacial score (nSPS) is 10.7. The number of nitrogens with one attached hydrogen (secondary N) is 1. The Labute approximate surface area is 172 Å². The maximum Gasteiger partial charge on any atom is 0.311 e. The smallest absolute Gasteiger partial charge is 0.311 e. The Kier molecular flexibility index (Phi) is 6.16. The van der Waals surface area contributed by atoms with E-state index in [4.69, 9.17) is 16.3 Å². The standard InChI is InChI=1S/C20H20ClN3O3S/c1-4-27-18(25)10-15-11-28-20(22-15)23-19(26)17-9-12(2)24(13(17)3)16-7-5-14(21)6-8-16/h5-9,11H,4,10H2,1-3H3,(H,22,23,26). The van der Waals surface area contributed by atoms with E-state index in [-0.39, 0.29) is 18.3 Å². The van der Waals surface area contributed by atoms with Gasteiger partial charge in [-0.2, -0.15) is 0 Å². The summed E-state index contributed by atoms with van der Waals surface area (Å²) in [5.41, 5.74) is 3.83. The molecule has 0 aliphatic carbocycles. The topological polar surface area (TPSA) is 73.2 Å². The monoisotopic (exact) mass is 417 g/mol. The third-order valence-corrected chi connectivity index (χ3v) is 5.22. The number of hydrogen-bond acceptors (Lipinski definition) is 5. The van der Waals surface area contributed by atoms with Crippen molar-refractivity contribution in [1.29, 1.82) is 0 Å². The summed E-state index contributed by atoms with van der Waals surface area (Å²) < 4.78 is 6.91. The molecule has 0 radical (unpaired) electrons. The number of carbonyl (C=O) groups is 2. The molecule has 0 unspecified atom stereocenters. The first-order chi connectivity index (χ1) is 13.4. The Morgan fingerprint density at radius 1 is 1.25 bits per heavy atom. The average molecular weight is 418 g/mol. The van der Waals surface area contributed by atoms with Gasteiger partial charge in [0, 0.05) is 27.5 Å². The van der Waals surface area contributed by atoms with E-state index >= 15 is 0 Å². The van der Waals surface area contributed by atoms with Crippen LogP contribution in [0.3, 0.4) is 0 Å². The summed E-state index contributed by atoms with van der Waals surface area (Å²) in [4.78, 5) is 28.6. The number of benzene rings is 1. The molecule has 1 amide bonds. The van der Waals surface area contributed by atoms with Gasteiger partial charge in [0.05, 0.1) is 24.3 Å². The van der Waals surface area contributed by atoms with Crippen molar-refractivity contribution in [2.45, 2.75) is 27.2 Å². The van der Waals surface area contributed by atoms with Crippen LogP contribution in [0.25, 0.3) is 5.69 Å². The predicted octanol–water partition coefficient (Wildman–Crippen LogP) is 4.56. The number of nitrogens with zero attached hydrogens (tertiary/aromatic N) is 2. The Morgan fingerprint density at radius 3 is 2.64 bits per heavy atom. The number of aromatic nitrogens is 2. The zero-order chi connectivity index (χ0) is 20.3. The zero-order valence-corrected chi connectivity index (χ0v) is 17.4. The molecule has 8 heteroatoms. The van der Waals surface area contributed by atoms with Gasteiger partial charge in [-0.05, 0) is 51.1 Å². The quantitative estimate of drug-likeness (QED) is 0.596. The van der Waals surface area contributed by atoms with Crippen molar-refractivity contribution in [2.75, 3.05) is 11.9 Å². The maximum atomic E-state index is 12.7. The first-order valence-corrected chi connectivity index (χ1v) is 10.0. The summed E-state index contributed by atoms with van der Waals surface area (Å²) in [5.74, 6) is -0.581. The van der Waals surface area contributed by atoms with Crippen molar-refractivity contribution in [3.05, 3.63) is 63.4 Å². The van der Waals surface area contributed by atoms with Crippen molar-refractivity contribution >= 4 is 39.9 Å². The van der Waals surface area contributed by atoms with Gasteiger partial charge in [0.25, 0.3) is 5.91 Å². The first-order valence-electron chi connectivity index (χ1n) is 8.75. The van der Waals surface area contributed by atoms with Crippen molar-refractivity contribution in [3.8, 4) is 5.69 Å². The number of aryl methyl sites for hydroxylation is 1. The van der Waals surface area contributed by atoms with Gasteiger partial charge >= 0.3 is 5.97 Å². The molecule has 0 saturated carbocycles. The highest BCUT2D eigenvalue weighted by molar-refractivity contribution is 7.14. The molecule has 2 aromatic heterocycles. The summed E-state index contributed by atoms with van der Waals surface area (Å²) in [6.07, 6.45) is 0.0886. The molecule has 28 heavy (non-hydrogen) atoms. The molecule has 3 aromatic rings. The number of esters is 1. The molecule has 3 rings (SSSR count). The van der Waals surface area contributed by atoms with Gasteiger partial charge in [-0.15, -0.1) is 11.3 Å². The fourth-order valence-electron chi connectivity index (χ4n) is 2.95. The van der Waals surface area contributed by atoms with Crippen LogP contribution in [0.2, 0.25) is 5.02 Å². The lowest BCUT2D eigenvalue weighted by Crippen LogP contribution is -2.13. The molecule has 0 bridgehead atoms. The van der Waals surface area contributed by atoms with E-state index in [0.29, 0.717) is 28.0 Å². The Bertz CT molecular complexity index is 1010. The summed E-state index contributed by atoms with van der Waals surface area (Å²) in [7, 11) is 0. The molecule has 0 fully saturated rings. The number of hydrogen-bond donors (Lipinski definition) is 1. The summed E-state index contributed by atoms with van der Waals surface area (Å²) in [6.45, 7) is 5.92. The molecular formula is C20H20ClN3O3S. The van der Waals surface area contributed by atoms with E-state index in [0.717, 1.165) is 17.1 Å². The van der Waals surface area contributed by atoms with Crippen molar-refractivity contribution in [1.82, 2.24) is 9.55 Å². The van der Waals surface area contributed by atoms with Crippen LogP contribution in [0.4, 0.5) is 5.13 Å². The molecule has 6 nitrogen and oxygen atoms in total. The third kappa shape index (κ3) is 4.43. The second kappa shape index (κ2) is 8.58. The second-order valence-corrected chi connectivity index (χ2v) is 7.47. The maximum absolute atomic E-state index is 12.7. The highest BCUT2D eigenvalue weighted by Gasteiger charge is 2.18. The SMILES string of the molecule is CCOC(=O)Cc1csc(NC(=O)c2cc(C)n(-c3ccc(Cl)cc3)c2C)n1. The van der Waals surface area contributed by atoms with Crippen LogP contribution in [-0.4, -0.2) is 28.0 Å². The zero-order valence-electron chi connectivity index (χ0n) is 15.8. The fraction of sp³-hybridized carbons (Fsp3) is 0.250. The number of anilines is 1. The van der Waals surface area contributed by atoms with E-state index in [2.05, 4.69) is 10.3 Å². The van der Waals surface area contributed by atoms with Crippen LogP contribution >= 0.6 is 22.9 Å². The van der Waals surface area contributed by atoms with Crippen molar-refractivity contribution < 1.29 is 14.3 Å². The molecule has 0 spiro atoms. The molecule has 146 valence electrons. The number of thiazole rings is 1. The molecule has 1 aromatic carbocycles. The molecule has 0 atom stereocenters. The molecular weight excluding hydrogens is 398 g/mol. The average Bonchev–Trinajstić information content (AvgIpc) is 3.20. The minimum absolute atomic E-state index is 0.0886. The molecule has 1 N–H and O–H groups in total.